The zero-order valence-corrected chi connectivity index (χ0v) is 20.4. The third-order valence-corrected chi connectivity index (χ3v) is 4.77. The van der Waals surface area contributed by atoms with Gasteiger partial charge in [-0.2, -0.15) is 0 Å². The van der Waals surface area contributed by atoms with Gasteiger partial charge >= 0.3 is 0 Å². The molecule has 0 aromatic heterocycles. The standard InChI is InChI=1S/C21H35FN4O2.HI/c1-5-23-21(24-11-6-12-25(3)13-14-27-4)26-15-17(2)28-20(16-26)18-7-9-19(22)10-8-18;/h7-10,17,20H,5-6,11-16H2,1-4H3,(H,23,24);1H. The van der Waals surface area contributed by atoms with E-state index in [1.807, 2.05) is 0 Å². The summed E-state index contributed by atoms with van der Waals surface area (Å²) < 4.78 is 24.5. The van der Waals surface area contributed by atoms with Crippen LogP contribution in [0.4, 0.5) is 4.39 Å². The Labute approximate surface area is 191 Å². The van der Waals surface area contributed by atoms with E-state index in [9.17, 15) is 4.39 Å². The second kappa shape index (κ2) is 14.1. The van der Waals surface area contributed by atoms with E-state index >= 15 is 0 Å². The molecule has 1 aromatic rings. The lowest BCUT2D eigenvalue weighted by molar-refractivity contribution is -0.0605. The molecule has 1 aliphatic rings. The van der Waals surface area contributed by atoms with Gasteiger partial charge in [-0.25, -0.2) is 4.39 Å². The molecule has 0 saturated carbocycles. The fraction of sp³-hybridized carbons (Fsp3) is 0.667. The summed E-state index contributed by atoms with van der Waals surface area (Å²) in [6.45, 7) is 9.90. The van der Waals surface area contributed by atoms with Gasteiger partial charge in [0.05, 0.1) is 19.3 Å². The van der Waals surface area contributed by atoms with E-state index in [1.165, 1.54) is 12.1 Å². The van der Waals surface area contributed by atoms with Crippen molar-refractivity contribution in [2.75, 3.05) is 60.0 Å². The summed E-state index contributed by atoms with van der Waals surface area (Å²) in [5.41, 5.74) is 0.994. The van der Waals surface area contributed by atoms with Crippen LogP contribution in [-0.4, -0.2) is 81.9 Å². The molecule has 8 heteroatoms. The normalized spacial score (nSPS) is 19.9. The molecular weight excluding hydrogens is 486 g/mol. The van der Waals surface area contributed by atoms with Crippen LogP contribution in [0.1, 0.15) is 31.9 Å². The predicted octanol–water partition coefficient (Wildman–Crippen LogP) is 3.14. The highest BCUT2D eigenvalue weighted by Gasteiger charge is 2.28. The Bertz CT molecular complexity index is 603. The quantitative estimate of drug-likeness (QED) is 0.234. The monoisotopic (exact) mass is 522 g/mol. The van der Waals surface area contributed by atoms with E-state index in [-0.39, 0.29) is 42.0 Å². The highest BCUT2D eigenvalue weighted by molar-refractivity contribution is 14.0. The first-order valence-corrected chi connectivity index (χ1v) is 10.1. The molecule has 0 amide bonds. The molecule has 6 nitrogen and oxygen atoms in total. The van der Waals surface area contributed by atoms with E-state index < -0.39 is 0 Å². The van der Waals surface area contributed by atoms with Crippen molar-refractivity contribution in [2.45, 2.75) is 32.5 Å². The number of rotatable bonds is 9. The Morgan fingerprint density at radius 2 is 2.03 bits per heavy atom. The maximum absolute atomic E-state index is 13.2. The molecule has 1 N–H and O–H groups in total. The highest BCUT2D eigenvalue weighted by Crippen LogP contribution is 2.25. The summed E-state index contributed by atoms with van der Waals surface area (Å²) in [5.74, 6) is 0.694. The summed E-state index contributed by atoms with van der Waals surface area (Å²) in [6, 6.07) is 6.58. The van der Waals surface area contributed by atoms with Crippen LogP contribution in [0.25, 0.3) is 0 Å². The minimum Gasteiger partial charge on any atom is -0.383 e. The van der Waals surface area contributed by atoms with Gasteiger partial charge in [0.15, 0.2) is 5.96 Å². The number of hydrogen-bond acceptors (Lipinski definition) is 4. The SMILES string of the molecule is CCNC(=NCCCN(C)CCOC)N1CC(C)OC(c2ccc(F)cc2)C1.I. The van der Waals surface area contributed by atoms with Gasteiger partial charge < -0.3 is 24.6 Å². The molecular formula is C21H36FIN4O2. The lowest BCUT2D eigenvalue weighted by Gasteiger charge is -2.38. The van der Waals surface area contributed by atoms with Gasteiger partial charge in [0.2, 0.25) is 0 Å². The molecule has 0 radical (unpaired) electrons. The van der Waals surface area contributed by atoms with Gasteiger partial charge in [0, 0.05) is 33.3 Å². The van der Waals surface area contributed by atoms with Crippen molar-refractivity contribution in [1.29, 1.82) is 0 Å². The van der Waals surface area contributed by atoms with Crippen molar-refractivity contribution in [3.05, 3.63) is 35.6 Å². The molecule has 1 aliphatic heterocycles. The van der Waals surface area contributed by atoms with E-state index in [0.717, 1.165) is 57.3 Å². The number of methoxy groups -OCH3 is 1. The van der Waals surface area contributed by atoms with Crippen LogP contribution >= 0.6 is 24.0 Å². The first-order valence-electron chi connectivity index (χ1n) is 10.1. The number of benzene rings is 1. The Morgan fingerprint density at radius 3 is 2.69 bits per heavy atom. The zero-order valence-electron chi connectivity index (χ0n) is 18.1. The number of aliphatic imine (C=N–C) groups is 1. The molecule has 1 aromatic carbocycles. The first kappa shape index (κ1) is 26.1. The van der Waals surface area contributed by atoms with Gasteiger partial charge in [-0.15, -0.1) is 24.0 Å². The molecule has 2 atom stereocenters. The minimum absolute atomic E-state index is 0. The number of hydrogen-bond donors (Lipinski definition) is 1. The molecule has 29 heavy (non-hydrogen) atoms. The highest BCUT2D eigenvalue weighted by atomic mass is 127. The Balaban J connectivity index is 0.00000420. The average molecular weight is 522 g/mol. The van der Waals surface area contributed by atoms with Crippen LogP contribution in [-0.2, 0) is 9.47 Å². The van der Waals surface area contributed by atoms with Gasteiger partial charge in [-0.05, 0) is 51.6 Å². The number of nitrogens with one attached hydrogen (secondary N) is 1. The topological polar surface area (TPSA) is 49.3 Å². The van der Waals surface area contributed by atoms with Gasteiger partial charge in [0.25, 0.3) is 0 Å². The number of nitrogens with zero attached hydrogens (tertiary/aromatic N) is 3. The maximum Gasteiger partial charge on any atom is 0.194 e. The van der Waals surface area contributed by atoms with E-state index in [2.05, 4.69) is 36.0 Å². The lowest BCUT2D eigenvalue weighted by Crippen LogP contribution is -2.50. The summed E-state index contributed by atoms with van der Waals surface area (Å²) >= 11 is 0. The largest absolute Gasteiger partial charge is 0.383 e. The van der Waals surface area contributed by atoms with E-state index in [1.54, 1.807) is 19.2 Å². The Morgan fingerprint density at radius 1 is 1.31 bits per heavy atom. The van der Waals surface area contributed by atoms with Crippen LogP contribution in [0.2, 0.25) is 0 Å². The first-order chi connectivity index (χ1) is 13.5. The summed E-state index contributed by atoms with van der Waals surface area (Å²) in [4.78, 5) is 9.33. The number of morpholine rings is 1. The van der Waals surface area contributed by atoms with Gasteiger partial charge in [0.1, 0.15) is 11.9 Å². The van der Waals surface area contributed by atoms with Crippen molar-refractivity contribution in [3.8, 4) is 0 Å². The van der Waals surface area contributed by atoms with Crippen molar-refractivity contribution < 1.29 is 13.9 Å². The second-order valence-electron chi connectivity index (χ2n) is 7.28. The van der Waals surface area contributed by atoms with Crippen LogP contribution in [0, 0.1) is 5.82 Å². The van der Waals surface area contributed by atoms with Crippen molar-refractivity contribution >= 4 is 29.9 Å². The second-order valence-corrected chi connectivity index (χ2v) is 7.28. The molecule has 2 unspecified atom stereocenters. The number of guanidine groups is 1. The van der Waals surface area contributed by atoms with Crippen LogP contribution in [0.3, 0.4) is 0 Å². The minimum atomic E-state index is -0.227. The van der Waals surface area contributed by atoms with Crippen LogP contribution < -0.4 is 5.32 Å². The summed E-state index contributed by atoms with van der Waals surface area (Å²) in [7, 11) is 3.83. The molecule has 0 bridgehead atoms. The fourth-order valence-electron chi connectivity index (χ4n) is 3.30. The number of likely N-dealkylation sites (N-methyl/N-ethyl adjacent to an activating group) is 1. The molecule has 0 spiro atoms. The predicted molar refractivity (Wildman–Crippen MR) is 127 cm³/mol. The molecule has 1 saturated heterocycles. The Kier molecular flexibility index (Phi) is 12.7. The van der Waals surface area contributed by atoms with Crippen molar-refractivity contribution in [3.63, 3.8) is 0 Å². The molecule has 0 aliphatic carbocycles. The van der Waals surface area contributed by atoms with E-state index in [0.29, 0.717) is 6.54 Å². The van der Waals surface area contributed by atoms with Crippen molar-refractivity contribution in [2.24, 2.45) is 4.99 Å². The van der Waals surface area contributed by atoms with Crippen LogP contribution in [0.15, 0.2) is 29.3 Å². The van der Waals surface area contributed by atoms with Gasteiger partial charge in [-0.3, -0.25) is 4.99 Å². The molecule has 2 rings (SSSR count). The van der Waals surface area contributed by atoms with Gasteiger partial charge in [-0.1, -0.05) is 12.1 Å². The average Bonchev–Trinajstić information content (AvgIpc) is 2.68. The summed E-state index contributed by atoms with van der Waals surface area (Å²) in [6.07, 6.45) is 0.984. The molecule has 166 valence electrons. The van der Waals surface area contributed by atoms with Crippen molar-refractivity contribution in [1.82, 2.24) is 15.1 Å². The van der Waals surface area contributed by atoms with Crippen LogP contribution in [0.5, 0.6) is 0 Å². The Hall–Kier alpha value is -0.970. The third kappa shape index (κ3) is 9.15. The fourth-order valence-corrected chi connectivity index (χ4v) is 3.30. The van der Waals surface area contributed by atoms with E-state index in [4.69, 9.17) is 14.5 Å². The third-order valence-electron chi connectivity index (χ3n) is 4.77. The lowest BCUT2D eigenvalue weighted by atomic mass is 10.1. The number of ether oxygens (including phenoxy) is 2. The maximum atomic E-state index is 13.2. The summed E-state index contributed by atoms with van der Waals surface area (Å²) in [5, 5.41) is 3.40. The molecule has 1 fully saturated rings. The smallest absolute Gasteiger partial charge is 0.194 e. The molecule has 1 heterocycles. The number of halogens is 2. The zero-order chi connectivity index (χ0) is 20.4.